The van der Waals surface area contributed by atoms with E-state index in [2.05, 4.69) is 39.6 Å². The van der Waals surface area contributed by atoms with E-state index in [4.69, 9.17) is 0 Å². The highest BCUT2D eigenvalue weighted by molar-refractivity contribution is 8.01. The maximum Gasteiger partial charge on any atom is 0.151 e. The zero-order chi connectivity index (χ0) is 14.1. The molecule has 2 aromatic rings. The summed E-state index contributed by atoms with van der Waals surface area (Å²) in [4.78, 5) is 6.52. The predicted molar refractivity (Wildman–Crippen MR) is 89.2 cm³/mol. The molecule has 0 saturated carbocycles. The van der Waals surface area contributed by atoms with E-state index in [0.29, 0.717) is 11.3 Å². The predicted octanol–water partition coefficient (Wildman–Crippen LogP) is 4.25. The van der Waals surface area contributed by atoms with E-state index in [-0.39, 0.29) is 0 Å². The number of fused-ring (bicyclic) bond motifs is 1. The summed E-state index contributed by atoms with van der Waals surface area (Å²) in [5.74, 6) is 0.996. The Labute approximate surface area is 128 Å². The zero-order valence-electron chi connectivity index (χ0n) is 12.0. The standard InChI is InChI=1S/C15H19N3S2/c1-10-9-13(11-6-8-19-15(11)20-10)17-12-5-4-7-16-14(12)18(2)3/h4-8,10,13,17H,9H2,1-3H3/t10-,13?/m0/s1. The minimum Gasteiger partial charge on any atom is -0.375 e. The third-order valence-corrected chi connectivity index (χ3v) is 5.79. The first-order valence-corrected chi connectivity index (χ1v) is 8.54. The molecule has 0 amide bonds. The minimum absolute atomic E-state index is 0.385. The topological polar surface area (TPSA) is 28.2 Å². The number of hydrogen-bond acceptors (Lipinski definition) is 5. The largest absolute Gasteiger partial charge is 0.375 e. The average Bonchev–Trinajstić information content (AvgIpc) is 2.87. The van der Waals surface area contributed by atoms with Gasteiger partial charge in [-0.1, -0.05) is 6.92 Å². The van der Waals surface area contributed by atoms with Crippen LogP contribution in [0.2, 0.25) is 0 Å². The van der Waals surface area contributed by atoms with E-state index in [1.807, 2.05) is 49.5 Å². The van der Waals surface area contributed by atoms with Crippen molar-refractivity contribution < 1.29 is 0 Å². The Morgan fingerprint density at radius 3 is 3.00 bits per heavy atom. The van der Waals surface area contributed by atoms with Gasteiger partial charge in [-0.05, 0) is 35.6 Å². The highest BCUT2D eigenvalue weighted by Crippen LogP contribution is 2.45. The Kier molecular flexibility index (Phi) is 3.89. The van der Waals surface area contributed by atoms with Gasteiger partial charge in [0.25, 0.3) is 0 Å². The summed E-state index contributed by atoms with van der Waals surface area (Å²) >= 11 is 3.85. The van der Waals surface area contributed by atoms with Crippen molar-refractivity contribution in [2.75, 3.05) is 24.3 Å². The van der Waals surface area contributed by atoms with Gasteiger partial charge in [0, 0.05) is 25.5 Å². The number of aromatic nitrogens is 1. The Balaban J connectivity index is 1.89. The van der Waals surface area contributed by atoms with Crippen LogP contribution in [0.5, 0.6) is 0 Å². The number of nitrogens with one attached hydrogen (secondary N) is 1. The smallest absolute Gasteiger partial charge is 0.151 e. The molecule has 20 heavy (non-hydrogen) atoms. The molecule has 0 aromatic carbocycles. The van der Waals surface area contributed by atoms with Gasteiger partial charge in [-0.25, -0.2) is 4.98 Å². The van der Waals surface area contributed by atoms with Crippen molar-refractivity contribution in [3.63, 3.8) is 0 Å². The number of nitrogens with zero attached hydrogens (tertiary/aromatic N) is 2. The zero-order valence-corrected chi connectivity index (χ0v) is 13.6. The lowest BCUT2D eigenvalue weighted by Crippen LogP contribution is -2.21. The van der Waals surface area contributed by atoms with Crippen LogP contribution in [-0.2, 0) is 0 Å². The lowest BCUT2D eigenvalue weighted by atomic mass is 10.0. The van der Waals surface area contributed by atoms with E-state index in [1.54, 1.807) is 0 Å². The maximum atomic E-state index is 4.47. The summed E-state index contributed by atoms with van der Waals surface area (Å²) in [6.07, 6.45) is 2.99. The molecule has 2 atom stereocenters. The second kappa shape index (κ2) is 5.66. The Morgan fingerprint density at radius 1 is 1.35 bits per heavy atom. The van der Waals surface area contributed by atoms with Gasteiger partial charge in [0.05, 0.1) is 15.9 Å². The van der Waals surface area contributed by atoms with Crippen LogP contribution in [-0.4, -0.2) is 24.3 Å². The molecule has 1 N–H and O–H groups in total. The van der Waals surface area contributed by atoms with Crippen LogP contribution < -0.4 is 10.2 Å². The number of thioether (sulfide) groups is 1. The first-order chi connectivity index (χ1) is 9.65. The van der Waals surface area contributed by atoms with Crippen molar-refractivity contribution in [3.8, 4) is 0 Å². The molecule has 3 rings (SSSR count). The summed E-state index contributed by atoms with van der Waals surface area (Å²) in [5, 5.41) is 6.54. The lowest BCUT2D eigenvalue weighted by molar-refractivity contribution is 0.669. The first-order valence-electron chi connectivity index (χ1n) is 6.78. The molecule has 0 spiro atoms. The molecule has 5 heteroatoms. The third kappa shape index (κ3) is 2.65. The number of rotatable bonds is 3. The van der Waals surface area contributed by atoms with Crippen molar-refractivity contribution in [2.24, 2.45) is 0 Å². The highest BCUT2D eigenvalue weighted by Gasteiger charge is 2.26. The van der Waals surface area contributed by atoms with Crippen molar-refractivity contribution in [1.29, 1.82) is 0 Å². The summed E-state index contributed by atoms with van der Waals surface area (Å²) in [7, 11) is 4.06. The molecule has 0 fully saturated rings. The molecular weight excluding hydrogens is 286 g/mol. The van der Waals surface area contributed by atoms with Gasteiger partial charge < -0.3 is 10.2 Å². The quantitative estimate of drug-likeness (QED) is 0.918. The average molecular weight is 305 g/mol. The summed E-state index contributed by atoms with van der Waals surface area (Å²) in [5.41, 5.74) is 2.55. The second-order valence-electron chi connectivity index (χ2n) is 5.29. The molecule has 1 aliphatic heterocycles. The molecule has 2 aromatic heterocycles. The Bertz CT molecular complexity index is 594. The minimum atomic E-state index is 0.385. The third-order valence-electron chi connectivity index (χ3n) is 3.45. The van der Waals surface area contributed by atoms with Gasteiger partial charge in [0.1, 0.15) is 0 Å². The van der Waals surface area contributed by atoms with Crippen molar-refractivity contribution in [1.82, 2.24) is 4.98 Å². The normalized spacial score (nSPS) is 21.4. The van der Waals surface area contributed by atoms with Gasteiger partial charge >= 0.3 is 0 Å². The molecule has 0 radical (unpaired) electrons. The molecule has 0 bridgehead atoms. The first kappa shape index (κ1) is 13.8. The van der Waals surface area contributed by atoms with Crippen LogP contribution in [0.4, 0.5) is 11.5 Å². The van der Waals surface area contributed by atoms with E-state index < -0.39 is 0 Å². The lowest BCUT2D eigenvalue weighted by Gasteiger charge is -2.29. The molecular formula is C15H19N3S2. The fourth-order valence-electron chi connectivity index (χ4n) is 2.54. The van der Waals surface area contributed by atoms with Gasteiger partial charge in [-0.15, -0.1) is 23.1 Å². The maximum absolute atomic E-state index is 4.47. The fraction of sp³-hybridized carbons (Fsp3) is 0.400. The molecule has 1 aliphatic rings. The van der Waals surface area contributed by atoms with E-state index >= 15 is 0 Å². The molecule has 1 unspecified atom stereocenters. The summed E-state index contributed by atoms with van der Waals surface area (Å²) in [6, 6.07) is 6.74. The van der Waals surface area contributed by atoms with Crippen LogP contribution in [0.3, 0.4) is 0 Å². The van der Waals surface area contributed by atoms with Crippen LogP contribution in [0, 0.1) is 0 Å². The highest BCUT2D eigenvalue weighted by atomic mass is 32.2. The number of hydrogen-bond donors (Lipinski definition) is 1. The number of thiophene rings is 1. The van der Waals surface area contributed by atoms with Crippen LogP contribution in [0.15, 0.2) is 34.0 Å². The summed E-state index contributed by atoms with van der Waals surface area (Å²) in [6.45, 7) is 2.30. The number of anilines is 2. The van der Waals surface area contributed by atoms with Crippen LogP contribution >= 0.6 is 23.1 Å². The Morgan fingerprint density at radius 2 is 2.20 bits per heavy atom. The molecule has 0 saturated heterocycles. The second-order valence-corrected chi connectivity index (χ2v) is 7.92. The van der Waals surface area contributed by atoms with Crippen molar-refractivity contribution in [3.05, 3.63) is 35.3 Å². The number of pyridine rings is 1. The van der Waals surface area contributed by atoms with Gasteiger partial charge in [-0.3, -0.25) is 0 Å². The summed E-state index contributed by atoms with van der Waals surface area (Å²) < 4.78 is 1.46. The van der Waals surface area contributed by atoms with Crippen LogP contribution in [0.1, 0.15) is 24.9 Å². The van der Waals surface area contributed by atoms with E-state index in [1.165, 1.54) is 9.77 Å². The van der Waals surface area contributed by atoms with Gasteiger partial charge in [-0.2, -0.15) is 0 Å². The monoisotopic (exact) mass is 305 g/mol. The van der Waals surface area contributed by atoms with Gasteiger partial charge in [0.15, 0.2) is 5.82 Å². The molecule has 3 nitrogen and oxygen atoms in total. The SMILES string of the molecule is C[C@H]1CC(Nc2cccnc2N(C)C)c2ccsc2S1. The van der Waals surface area contributed by atoms with Gasteiger partial charge in [0.2, 0.25) is 0 Å². The van der Waals surface area contributed by atoms with E-state index in [9.17, 15) is 0 Å². The van der Waals surface area contributed by atoms with Crippen molar-refractivity contribution >= 4 is 34.6 Å². The van der Waals surface area contributed by atoms with Crippen LogP contribution in [0.25, 0.3) is 0 Å². The van der Waals surface area contributed by atoms with Crippen molar-refractivity contribution in [2.45, 2.75) is 28.8 Å². The Hall–Kier alpha value is -1.20. The molecule has 0 aliphatic carbocycles. The molecule has 106 valence electrons. The van der Waals surface area contributed by atoms with E-state index in [0.717, 1.165) is 17.9 Å². The molecule has 3 heterocycles. The fourth-order valence-corrected chi connectivity index (χ4v) is 5.11.